The maximum atomic E-state index is 5.93. The van der Waals surface area contributed by atoms with Crippen LogP contribution in [0.25, 0.3) is 43.1 Å². The number of rotatable bonds is 2. The summed E-state index contributed by atoms with van der Waals surface area (Å²) < 4.78 is 5.93. The summed E-state index contributed by atoms with van der Waals surface area (Å²) in [7, 11) is 0. The first-order chi connectivity index (χ1) is 11.4. The Hall–Kier alpha value is -2.64. The Kier molecular flexibility index (Phi) is 2.76. The Morgan fingerprint density at radius 1 is 0.696 bits per heavy atom. The van der Waals surface area contributed by atoms with Crippen LogP contribution in [0.15, 0.2) is 51.8 Å². The van der Waals surface area contributed by atoms with Crippen LogP contribution < -0.4 is 0 Å². The minimum atomic E-state index is 0.864. The molecule has 7 heteroatoms. The van der Waals surface area contributed by atoms with Gasteiger partial charge in [-0.15, -0.1) is 20.4 Å². The lowest BCUT2D eigenvalue weighted by Crippen LogP contribution is -1.78. The Morgan fingerprint density at radius 3 is 1.65 bits per heavy atom. The van der Waals surface area contributed by atoms with Crippen molar-refractivity contribution in [3.05, 3.63) is 47.4 Å². The Bertz CT molecular complexity index is 1030. The first kappa shape index (κ1) is 12.9. The normalized spacial score (nSPS) is 11.5. The number of hydrogen-bond acceptors (Lipinski definition) is 7. The van der Waals surface area contributed by atoms with Gasteiger partial charge in [0.15, 0.2) is 0 Å². The predicted octanol–water partition coefficient (Wildman–Crippen LogP) is 4.62. The van der Waals surface area contributed by atoms with E-state index in [1.807, 2.05) is 24.3 Å². The molecule has 0 atom stereocenters. The van der Waals surface area contributed by atoms with Crippen LogP contribution in [-0.2, 0) is 0 Å². The summed E-state index contributed by atoms with van der Waals surface area (Å²) in [6.45, 7) is 0. The predicted molar refractivity (Wildman–Crippen MR) is 91.5 cm³/mol. The van der Waals surface area contributed by atoms with Crippen LogP contribution in [-0.4, -0.2) is 20.4 Å². The standard InChI is InChI=1S/C16H8N4OS2/c1-3-13-11(5-9(1)15-19-17-7-22-15)12-6-10(2-4-14(12)21-13)16-20-18-8-23-16/h1-8H. The molecule has 0 saturated heterocycles. The van der Waals surface area contributed by atoms with Crippen molar-refractivity contribution < 1.29 is 4.42 Å². The largest absolute Gasteiger partial charge is 0.456 e. The van der Waals surface area contributed by atoms with Crippen LogP contribution in [0, 0.1) is 0 Å². The first-order valence-electron chi connectivity index (χ1n) is 6.88. The quantitative estimate of drug-likeness (QED) is 0.470. The fourth-order valence-electron chi connectivity index (χ4n) is 2.64. The minimum absolute atomic E-state index is 0.864. The summed E-state index contributed by atoms with van der Waals surface area (Å²) >= 11 is 3.05. The molecule has 0 aliphatic carbocycles. The summed E-state index contributed by atoms with van der Waals surface area (Å²) in [5, 5.41) is 20.0. The molecule has 3 heterocycles. The van der Waals surface area contributed by atoms with E-state index >= 15 is 0 Å². The van der Waals surface area contributed by atoms with Gasteiger partial charge < -0.3 is 4.42 Å². The van der Waals surface area contributed by atoms with Gasteiger partial charge in [-0.05, 0) is 36.4 Å². The van der Waals surface area contributed by atoms with Gasteiger partial charge in [0.25, 0.3) is 0 Å². The lowest BCUT2D eigenvalue weighted by molar-refractivity contribution is 0.669. The van der Waals surface area contributed by atoms with Gasteiger partial charge in [-0.25, -0.2) is 0 Å². The molecule has 3 aromatic heterocycles. The minimum Gasteiger partial charge on any atom is -0.456 e. The maximum absolute atomic E-state index is 5.93. The van der Waals surface area contributed by atoms with E-state index in [1.54, 1.807) is 11.0 Å². The van der Waals surface area contributed by atoms with Crippen molar-refractivity contribution >= 4 is 44.6 Å². The Labute approximate surface area is 138 Å². The van der Waals surface area contributed by atoms with Gasteiger partial charge in [-0.2, -0.15) is 0 Å². The second-order valence-electron chi connectivity index (χ2n) is 5.01. The molecule has 0 spiro atoms. The van der Waals surface area contributed by atoms with Gasteiger partial charge in [0.05, 0.1) is 0 Å². The Morgan fingerprint density at radius 2 is 1.22 bits per heavy atom. The molecule has 0 bridgehead atoms. The van der Waals surface area contributed by atoms with Crippen LogP contribution >= 0.6 is 22.7 Å². The molecule has 5 aromatic rings. The van der Waals surface area contributed by atoms with E-state index in [1.165, 1.54) is 22.7 Å². The van der Waals surface area contributed by atoms with Crippen molar-refractivity contribution in [2.24, 2.45) is 0 Å². The second kappa shape index (κ2) is 4.94. The van der Waals surface area contributed by atoms with Gasteiger partial charge in [0.2, 0.25) is 0 Å². The van der Waals surface area contributed by atoms with Crippen molar-refractivity contribution in [3.8, 4) is 21.1 Å². The molecule has 0 saturated carbocycles. The van der Waals surface area contributed by atoms with E-state index in [0.29, 0.717) is 0 Å². The Balaban J connectivity index is 1.77. The van der Waals surface area contributed by atoms with Gasteiger partial charge in [-0.1, -0.05) is 22.7 Å². The van der Waals surface area contributed by atoms with Crippen molar-refractivity contribution in [1.82, 2.24) is 20.4 Å². The number of nitrogens with zero attached hydrogens (tertiary/aromatic N) is 4. The molecule has 110 valence electrons. The summed E-state index contributed by atoms with van der Waals surface area (Å²) in [6.07, 6.45) is 0. The molecule has 0 fully saturated rings. The van der Waals surface area contributed by atoms with Crippen molar-refractivity contribution in [2.45, 2.75) is 0 Å². The van der Waals surface area contributed by atoms with Gasteiger partial charge in [0, 0.05) is 21.9 Å². The van der Waals surface area contributed by atoms with Gasteiger partial charge in [0.1, 0.15) is 32.2 Å². The number of fused-ring (bicyclic) bond motifs is 3. The molecule has 0 radical (unpaired) electrons. The lowest BCUT2D eigenvalue weighted by Gasteiger charge is -1.97. The lowest BCUT2D eigenvalue weighted by atomic mass is 10.1. The number of hydrogen-bond donors (Lipinski definition) is 0. The summed E-state index contributed by atoms with van der Waals surface area (Å²) in [4.78, 5) is 0. The van der Waals surface area contributed by atoms with Crippen molar-refractivity contribution in [2.75, 3.05) is 0 Å². The average Bonchev–Trinajstić information content (AvgIpc) is 3.33. The van der Waals surface area contributed by atoms with Crippen molar-refractivity contribution in [1.29, 1.82) is 0 Å². The molecule has 0 amide bonds. The SMILES string of the molecule is c1nnc(-c2ccc3oc4ccc(-c5nncs5)cc4c3c2)s1. The van der Waals surface area contributed by atoms with Gasteiger partial charge in [-0.3, -0.25) is 0 Å². The first-order valence-corrected chi connectivity index (χ1v) is 8.64. The summed E-state index contributed by atoms with van der Waals surface area (Å²) in [5.41, 5.74) is 7.29. The van der Waals surface area contributed by atoms with E-state index in [0.717, 1.165) is 43.1 Å². The molecule has 0 aliphatic rings. The molecular weight excluding hydrogens is 328 g/mol. The number of aromatic nitrogens is 4. The zero-order valence-corrected chi connectivity index (χ0v) is 13.3. The highest BCUT2D eigenvalue weighted by molar-refractivity contribution is 7.13. The smallest absolute Gasteiger partial charge is 0.147 e. The molecule has 0 unspecified atom stereocenters. The third-order valence-corrected chi connectivity index (χ3v) is 5.16. The van der Waals surface area contributed by atoms with E-state index in [-0.39, 0.29) is 0 Å². The maximum Gasteiger partial charge on any atom is 0.147 e. The zero-order valence-electron chi connectivity index (χ0n) is 11.6. The monoisotopic (exact) mass is 336 g/mol. The molecule has 23 heavy (non-hydrogen) atoms. The molecule has 0 aliphatic heterocycles. The second-order valence-corrected chi connectivity index (χ2v) is 6.68. The van der Waals surface area contributed by atoms with Crippen LogP contribution in [0.2, 0.25) is 0 Å². The van der Waals surface area contributed by atoms with Crippen LogP contribution in [0.1, 0.15) is 0 Å². The number of furan rings is 1. The van der Waals surface area contributed by atoms with Crippen LogP contribution in [0.4, 0.5) is 0 Å². The molecule has 5 rings (SSSR count). The fourth-order valence-corrected chi connectivity index (χ4v) is 3.74. The molecule has 5 nitrogen and oxygen atoms in total. The topological polar surface area (TPSA) is 64.7 Å². The van der Waals surface area contributed by atoms with Crippen molar-refractivity contribution in [3.63, 3.8) is 0 Å². The van der Waals surface area contributed by atoms with E-state index < -0.39 is 0 Å². The highest BCUT2D eigenvalue weighted by atomic mass is 32.1. The number of benzene rings is 2. The summed E-state index contributed by atoms with van der Waals surface area (Å²) in [5.74, 6) is 0. The molecule has 0 N–H and O–H groups in total. The third kappa shape index (κ3) is 2.05. The summed E-state index contributed by atoms with van der Waals surface area (Å²) in [6, 6.07) is 12.2. The van der Waals surface area contributed by atoms with Gasteiger partial charge >= 0.3 is 0 Å². The van der Waals surface area contributed by atoms with E-state index in [2.05, 4.69) is 32.5 Å². The highest BCUT2D eigenvalue weighted by Crippen LogP contribution is 2.35. The van der Waals surface area contributed by atoms with Crippen LogP contribution in [0.3, 0.4) is 0 Å². The highest BCUT2D eigenvalue weighted by Gasteiger charge is 2.12. The van der Waals surface area contributed by atoms with E-state index in [9.17, 15) is 0 Å². The molecule has 2 aromatic carbocycles. The van der Waals surface area contributed by atoms with Crippen LogP contribution in [0.5, 0.6) is 0 Å². The molecular formula is C16H8N4OS2. The average molecular weight is 336 g/mol. The zero-order chi connectivity index (χ0) is 15.2. The third-order valence-electron chi connectivity index (χ3n) is 3.68. The fraction of sp³-hybridized carbons (Fsp3) is 0. The van der Waals surface area contributed by atoms with E-state index in [4.69, 9.17) is 4.42 Å².